The van der Waals surface area contributed by atoms with Gasteiger partial charge in [-0.1, -0.05) is 0 Å². The predicted molar refractivity (Wildman–Crippen MR) is 109 cm³/mol. The second kappa shape index (κ2) is 8.64. The average molecular weight is 397 g/mol. The Hall–Kier alpha value is -3.55. The normalized spacial score (nSPS) is 13.4. The molecule has 8 heteroatoms. The van der Waals surface area contributed by atoms with E-state index in [1.54, 1.807) is 54.5 Å². The molecule has 0 atom stereocenters. The molecule has 0 spiro atoms. The third kappa shape index (κ3) is 4.48. The Labute approximate surface area is 169 Å². The summed E-state index contributed by atoms with van der Waals surface area (Å²) in [6, 6.07) is 11.6. The summed E-state index contributed by atoms with van der Waals surface area (Å²) in [5, 5.41) is 2.74. The molecule has 3 rings (SSSR count). The number of ketones is 1. The maximum Gasteiger partial charge on any atom is 0.325 e. The third-order valence-electron chi connectivity index (χ3n) is 4.68. The summed E-state index contributed by atoms with van der Waals surface area (Å²) in [5.74, 6) is 0.807. The minimum absolute atomic E-state index is 0.0430. The van der Waals surface area contributed by atoms with Gasteiger partial charge in [-0.3, -0.25) is 14.5 Å². The Bertz CT molecular complexity index is 926. The first-order valence-electron chi connectivity index (χ1n) is 9.12. The Morgan fingerprint density at radius 2 is 1.76 bits per heavy atom. The molecule has 1 heterocycles. The molecule has 0 aliphatic carbocycles. The summed E-state index contributed by atoms with van der Waals surface area (Å²) in [6.07, 6.45) is 0. The summed E-state index contributed by atoms with van der Waals surface area (Å²) in [4.78, 5) is 39.5. The van der Waals surface area contributed by atoms with Crippen LogP contribution in [0.2, 0.25) is 0 Å². The molecule has 0 unspecified atom stereocenters. The van der Waals surface area contributed by atoms with Gasteiger partial charge in [0.1, 0.15) is 18.0 Å². The van der Waals surface area contributed by atoms with Crippen LogP contribution in [0.15, 0.2) is 42.5 Å². The van der Waals surface area contributed by atoms with Crippen molar-refractivity contribution in [3.8, 4) is 11.5 Å². The Kier molecular flexibility index (Phi) is 6.01. The van der Waals surface area contributed by atoms with Gasteiger partial charge >= 0.3 is 6.03 Å². The zero-order chi connectivity index (χ0) is 21.0. The van der Waals surface area contributed by atoms with Gasteiger partial charge in [0.2, 0.25) is 5.91 Å². The van der Waals surface area contributed by atoms with Crippen LogP contribution in [0.4, 0.5) is 16.2 Å². The number of hydrogen-bond donors (Lipinski definition) is 1. The van der Waals surface area contributed by atoms with Crippen LogP contribution in [0.1, 0.15) is 17.3 Å². The minimum Gasteiger partial charge on any atom is -0.497 e. The maximum atomic E-state index is 12.8. The number of carbonyl (C=O) groups excluding carboxylic acids is 3. The summed E-state index contributed by atoms with van der Waals surface area (Å²) in [5.41, 5.74) is 1.73. The van der Waals surface area contributed by atoms with Gasteiger partial charge < -0.3 is 19.7 Å². The topological polar surface area (TPSA) is 88.2 Å². The first kappa shape index (κ1) is 20.2. The monoisotopic (exact) mass is 397 g/mol. The number of ether oxygens (including phenoxy) is 2. The highest BCUT2D eigenvalue weighted by Crippen LogP contribution is 2.34. The Morgan fingerprint density at radius 1 is 1.03 bits per heavy atom. The van der Waals surface area contributed by atoms with Crippen molar-refractivity contribution < 1.29 is 23.9 Å². The van der Waals surface area contributed by atoms with Gasteiger partial charge in [-0.2, -0.15) is 0 Å². The zero-order valence-corrected chi connectivity index (χ0v) is 16.6. The van der Waals surface area contributed by atoms with E-state index in [2.05, 4.69) is 5.32 Å². The highest BCUT2D eigenvalue weighted by Gasteiger charge is 2.32. The molecule has 0 radical (unpaired) electrons. The van der Waals surface area contributed by atoms with E-state index in [1.165, 1.54) is 18.9 Å². The van der Waals surface area contributed by atoms with E-state index in [-0.39, 0.29) is 24.3 Å². The molecule has 0 saturated carbocycles. The quantitative estimate of drug-likeness (QED) is 0.726. The van der Waals surface area contributed by atoms with Gasteiger partial charge in [0, 0.05) is 30.4 Å². The molecule has 0 bridgehead atoms. The molecule has 152 valence electrons. The SMILES string of the molecule is COc1ccc(OC)c(N2CCN(CC(=O)Nc3ccc(C(C)=O)cc3)C2=O)c1. The van der Waals surface area contributed by atoms with Gasteiger partial charge in [0.05, 0.1) is 19.9 Å². The van der Waals surface area contributed by atoms with E-state index in [0.717, 1.165) is 0 Å². The average Bonchev–Trinajstić information content (AvgIpc) is 3.07. The van der Waals surface area contributed by atoms with E-state index in [9.17, 15) is 14.4 Å². The number of benzene rings is 2. The molecule has 2 aromatic rings. The van der Waals surface area contributed by atoms with Crippen LogP contribution in [-0.4, -0.2) is 56.5 Å². The summed E-state index contributed by atoms with van der Waals surface area (Å²) in [6.45, 7) is 2.25. The van der Waals surface area contributed by atoms with Gasteiger partial charge in [0.15, 0.2) is 5.78 Å². The van der Waals surface area contributed by atoms with Crippen molar-refractivity contribution in [2.75, 3.05) is 44.1 Å². The van der Waals surface area contributed by atoms with Crippen molar-refractivity contribution in [3.05, 3.63) is 48.0 Å². The second-order valence-corrected chi connectivity index (χ2v) is 6.58. The van der Waals surface area contributed by atoms with E-state index < -0.39 is 0 Å². The van der Waals surface area contributed by atoms with Gasteiger partial charge in [-0.25, -0.2) is 4.79 Å². The fourth-order valence-corrected chi connectivity index (χ4v) is 3.12. The number of nitrogens with one attached hydrogen (secondary N) is 1. The largest absolute Gasteiger partial charge is 0.497 e. The van der Waals surface area contributed by atoms with Crippen LogP contribution in [-0.2, 0) is 4.79 Å². The third-order valence-corrected chi connectivity index (χ3v) is 4.68. The number of nitrogens with zero attached hydrogens (tertiary/aromatic N) is 2. The molecular weight excluding hydrogens is 374 g/mol. The van der Waals surface area contributed by atoms with Crippen molar-refractivity contribution in [2.45, 2.75) is 6.92 Å². The number of amides is 3. The fraction of sp³-hybridized carbons (Fsp3) is 0.286. The molecule has 29 heavy (non-hydrogen) atoms. The lowest BCUT2D eigenvalue weighted by atomic mass is 10.1. The van der Waals surface area contributed by atoms with Crippen molar-refractivity contribution in [1.82, 2.24) is 4.90 Å². The molecule has 3 amide bonds. The van der Waals surface area contributed by atoms with Crippen molar-refractivity contribution in [2.24, 2.45) is 0 Å². The first-order chi connectivity index (χ1) is 13.9. The van der Waals surface area contributed by atoms with Crippen LogP contribution in [0, 0.1) is 0 Å². The van der Waals surface area contributed by atoms with Crippen molar-refractivity contribution in [3.63, 3.8) is 0 Å². The lowest BCUT2D eigenvalue weighted by Crippen LogP contribution is -2.37. The number of rotatable bonds is 7. The fourth-order valence-electron chi connectivity index (χ4n) is 3.12. The van der Waals surface area contributed by atoms with E-state index >= 15 is 0 Å². The number of urea groups is 1. The molecule has 1 aliphatic heterocycles. The second-order valence-electron chi connectivity index (χ2n) is 6.58. The molecule has 0 aromatic heterocycles. The molecule has 1 saturated heterocycles. The first-order valence-corrected chi connectivity index (χ1v) is 9.12. The molecule has 1 aliphatic rings. The smallest absolute Gasteiger partial charge is 0.325 e. The lowest BCUT2D eigenvalue weighted by molar-refractivity contribution is -0.116. The Morgan fingerprint density at radius 3 is 2.38 bits per heavy atom. The lowest BCUT2D eigenvalue weighted by Gasteiger charge is -2.21. The van der Waals surface area contributed by atoms with Gasteiger partial charge in [-0.05, 0) is 43.3 Å². The molecule has 2 aromatic carbocycles. The Balaban J connectivity index is 1.65. The number of hydrogen-bond acceptors (Lipinski definition) is 5. The highest BCUT2D eigenvalue weighted by molar-refractivity contribution is 6.00. The number of methoxy groups -OCH3 is 2. The number of anilines is 2. The molecule has 1 fully saturated rings. The number of Topliss-reactive ketones (excluding diaryl/α,β-unsaturated/α-hetero) is 1. The van der Waals surface area contributed by atoms with Crippen molar-refractivity contribution in [1.29, 1.82) is 0 Å². The minimum atomic E-state index is -0.312. The van der Waals surface area contributed by atoms with Crippen LogP contribution in [0.3, 0.4) is 0 Å². The van der Waals surface area contributed by atoms with Crippen LogP contribution < -0.4 is 19.7 Å². The van der Waals surface area contributed by atoms with Crippen LogP contribution in [0.5, 0.6) is 11.5 Å². The zero-order valence-electron chi connectivity index (χ0n) is 16.6. The van der Waals surface area contributed by atoms with Gasteiger partial charge in [-0.15, -0.1) is 0 Å². The van der Waals surface area contributed by atoms with E-state index in [0.29, 0.717) is 41.5 Å². The van der Waals surface area contributed by atoms with Gasteiger partial charge in [0.25, 0.3) is 0 Å². The maximum absolute atomic E-state index is 12.8. The summed E-state index contributed by atoms with van der Waals surface area (Å²) < 4.78 is 10.6. The van der Waals surface area contributed by atoms with E-state index in [4.69, 9.17) is 9.47 Å². The molecule has 8 nitrogen and oxygen atoms in total. The van der Waals surface area contributed by atoms with Crippen LogP contribution >= 0.6 is 0 Å². The summed E-state index contributed by atoms with van der Waals surface area (Å²) in [7, 11) is 3.09. The number of carbonyl (C=O) groups is 3. The van der Waals surface area contributed by atoms with Crippen molar-refractivity contribution >= 4 is 29.1 Å². The predicted octanol–water partition coefficient (Wildman–Crippen LogP) is 2.79. The summed E-state index contributed by atoms with van der Waals surface area (Å²) >= 11 is 0. The molecule has 1 N–H and O–H groups in total. The van der Waals surface area contributed by atoms with E-state index in [1.807, 2.05) is 0 Å². The standard InChI is InChI=1S/C21H23N3O5/c1-14(25)15-4-6-16(7-5-15)22-20(26)13-23-10-11-24(21(23)27)18-12-17(28-2)8-9-19(18)29-3/h4-9,12H,10-11,13H2,1-3H3,(H,22,26). The highest BCUT2D eigenvalue weighted by atomic mass is 16.5. The molecular formula is C21H23N3O5. The van der Waals surface area contributed by atoms with Crippen LogP contribution in [0.25, 0.3) is 0 Å².